The van der Waals surface area contributed by atoms with Crippen molar-refractivity contribution in [2.45, 2.75) is 50.0 Å². The van der Waals surface area contributed by atoms with Gasteiger partial charge >= 0.3 is 0 Å². The molecule has 2 unspecified atom stereocenters. The summed E-state index contributed by atoms with van der Waals surface area (Å²) in [6, 6.07) is 7.24. The highest BCUT2D eigenvalue weighted by Gasteiger charge is 2.28. The third-order valence-electron chi connectivity index (χ3n) is 4.12. The van der Waals surface area contributed by atoms with E-state index in [-0.39, 0.29) is 6.04 Å². The Kier molecular flexibility index (Phi) is 4.83. The summed E-state index contributed by atoms with van der Waals surface area (Å²) >= 11 is 0. The SMILES string of the molecule is CCC(C)c1ccc(S(=O)(=O)N2CCCC(N)C2)cc1. The van der Waals surface area contributed by atoms with Gasteiger partial charge in [-0.3, -0.25) is 0 Å². The number of nitrogens with two attached hydrogens (primary N) is 1. The van der Waals surface area contributed by atoms with Crippen LogP contribution in [0.4, 0.5) is 0 Å². The quantitative estimate of drug-likeness (QED) is 0.927. The van der Waals surface area contributed by atoms with Crippen molar-refractivity contribution in [3.8, 4) is 0 Å². The number of hydrogen-bond acceptors (Lipinski definition) is 3. The molecule has 2 atom stereocenters. The predicted molar refractivity (Wildman–Crippen MR) is 81.1 cm³/mol. The van der Waals surface area contributed by atoms with E-state index in [1.807, 2.05) is 12.1 Å². The van der Waals surface area contributed by atoms with Crippen molar-refractivity contribution < 1.29 is 8.42 Å². The van der Waals surface area contributed by atoms with Gasteiger partial charge in [0.2, 0.25) is 10.0 Å². The average Bonchev–Trinajstić information content (AvgIpc) is 2.46. The molecule has 1 aliphatic rings. The number of piperidine rings is 1. The molecule has 112 valence electrons. The van der Waals surface area contributed by atoms with Gasteiger partial charge in [0, 0.05) is 19.1 Å². The molecule has 0 aromatic heterocycles. The molecule has 0 spiro atoms. The van der Waals surface area contributed by atoms with Gasteiger partial charge in [-0.2, -0.15) is 4.31 Å². The maximum Gasteiger partial charge on any atom is 0.243 e. The topological polar surface area (TPSA) is 63.4 Å². The molecule has 2 N–H and O–H groups in total. The fourth-order valence-corrected chi connectivity index (χ4v) is 4.08. The smallest absolute Gasteiger partial charge is 0.243 e. The Balaban J connectivity index is 2.21. The summed E-state index contributed by atoms with van der Waals surface area (Å²) in [5, 5.41) is 0. The highest BCUT2D eigenvalue weighted by atomic mass is 32.2. The Bertz CT molecular complexity index is 539. The molecule has 1 aromatic rings. The Hall–Kier alpha value is -0.910. The molecule has 20 heavy (non-hydrogen) atoms. The van der Waals surface area contributed by atoms with Gasteiger partial charge in [-0.25, -0.2) is 8.42 Å². The molecule has 4 nitrogen and oxygen atoms in total. The van der Waals surface area contributed by atoms with E-state index in [1.165, 1.54) is 9.87 Å². The summed E-state index contributed by atoms with van der Waals surface area (Å²) < 4.78 is 26.6. The van der Waals surface area contributed by atoms with Crippen molar-refractivity contribution in [3.05, 3.63) is 29.8 Å². The Morgan fingerprint density at radius 1 is 1.35 bits per heavy atom. The lowest BCUT2D eigenvalue weighted by Gasteiger charge is -2.29. The van der Waals surface area contributed by atoms with E-state index in [9.17, 15) is 8.42 Å². The lowest BCUT2D eigenvalue weighted by molar-refractivity contribution is 0.316. The summed E-state index contributed by atoms with van der Waals surface area (Å²) in [5.74, 6) is 0.454. The highest BCUT2D eigenvalue weighted by Crippen LogP contribution is 2.23. The first kappa shape index (κ1) is 15.5. The van der Waals surface area contributed by atoms with E-state index < -0.39 is 10.0 Å². The molecule has 5 heteroatoms. The molecule has 0 aliphatic carbocycles. The van der Waals surface area contributed by atoms with Crippen LogP contribution in [0.1, 0.15) is 44.6 Å². The van der Waals surface area contributed by atoms with Crippen LogP contribution in [0, 0.1) is 0 Å². The Morgan fingerprint density at radius 2 is 2.00 bits per heavy atom. The second kappa shape index (κ2) is 6.24. The Morgan fingerprint density at radius 3 is 2.55 bits per heavy atom. The molecular weight excluding hydrogens is 272 g/mol. The molecule has 1 aliphatic heterocycles. The van der Waals surface area contributed by atoms with Crippen molar-refractivity contribution in [1.82, 2.24) is 4.31 Å². The third kappa shape index (κ3) is 3.22. The monoisotopic (exact) mass is 296 g/mol. The van der Waals surface area contributed by atoms with Crippen LogP contribution in [-0.2, 0) is 10.0 Å². The summed E-state index contributed by atoms with van der Waals surface area (Å²) in [5.41, 5.74) is 7.06. The maximum atomic E-state index is 12.6. The van der Waals surface area contributed by atoms with Crippen LogP contribution in [0.5, 0.6) is 0 Å². The van der Waals surface area contributed by atoms with Crippen LogP contribution in [-0.4, -0.2) is 31.9 Å². The molecular formula is C15H24N2O2S. The fraction of sp³-hybridized carbons (Fsp3) is 0.600. The van der Waals surface area contributed by atoms with Crippen LogP contribution in [0.3, 0.4) is 0 Å². The molecule has 1 heterocycles. The van der Waals surface area contributed by atoms with E-state index in [1.54, 1.807) is 12.1 Å². The van der Waals surface area contributed by atoms with Gasteiger partial charge in [0.15, 0.2) is 0 Å². The lowest BCUT2D eigenvalue weighted by atomic mass is 9.99. The van der Waals surface area contributed by atoms with Gasteiger partial charge in [-0.05, 0) is 42.9 Å². The van der Waals surface area contributed by atoms with Crippen LogP contribution >= 0.6 is 0 Å². The Labute approximate surface area is 122 Å². The number of benzene rings is 1. The summed E-state index contributed by atoms with van der Waals surface area (Å²) in [4.78, 5) is 0.374. The van der Waals surface area contributed by atoms with Crippen LogP contribution in [0.15, 0.2) is 29.2 Å². The normalized spacial score (nSPS) is 22.6. The minimum atomic E-state index is -3.39. The van der Waals surface area contributed by atoms with Crippen molar-refractivity contribution in [3.63, 3.8) is 0 Å². The largest absolute Gasteiger partial charge is 0.327 e. The van der Waals surface area contributed by atoms with Crippen molar-refractivity contribution in [2.24, 2.45) is 5.73 Å². The van der Waals surface area contributed by atoms with Gasteiger partial charge in [0.05, 0.1) is 4.90 Å². The van der Waals surface area contributed by atoms with Gasteiger partial charge in [-0.1, -0.05) is 26.0 Å². The molecule has 1 aromatic carbocycles. The molecule has 1 saturated heterocycles. The fourth-order valence-electron chi connectivity index (χ4n) is 2.55. The number of hydrogen-bond donors (Lipinski definition) is 1. The first-order valence-corrected chi connectivity index (χ1v) is 8.75. The summed E-state index contributed by atoms with van der Waals surface area (Å²) in [6.07, 6.45) is 2.79. The molecule has 0 amide bonds. The summed E-state index contributed by atoms with van der Waals surface area (Å²) in [7, 11) is -3.39. The van der Waals surface area contributed by atoms with Crippen molar-refractivity contribution >= 4 is 10.0 Å². The van der Waals surface area contributed by atoms with Crippen molar-refractivity contribution in [1.29, 1.82) is 0 Å². The zero-order valence-electron chi connectivity index (χ0n) is 12.2. The van der Waals surface area contributed by atoms with Gasteiger partial charge < -0.3 is 5.73 Å². The zero-order chi connectivity index (χ0) is 14.8. The molecule has 0 saturated carbocycles. The van der Waals surface area contributed by atoms with E-state index in [0.29, 0.717) is 23.9 Å². The summed E-state index contributed by atoms with van der Waals surface area (Å²) in [6.45, 7) is 5.27. The number of rotatable bonds is 4. The van der Waals surface area contributed by atoms with Crippen molar-refractivity contribution in [2.75, 3.05) is 13.1 Å². The molecule has 0 radical (unpaired) electrons. The maximum absolute atomic E-state index is 12.6. The van der Waals surface area contributed by atoms with Crippen LogP contribution in [0.2, 0.25) is 0 Å². The second-order valence-electron chi connectivity index (χ2n) is 5.64. The molecule has 0 bridgehead atoms. The standard InChI is InChI=1S/C15H24N2O2S/c1-3-12(2)13-6-8-15(9-7-13)20(18,19)17-10-4-5-14(16)11-17/h6-9,12,14H,3-5,10-11,16H2,1-2H3. The van der Waals surface area contributed by atoms with Gasteiger partial charge in [0.1, 0.15) is 0 Å². The predicted octanol–water partition coefficient (Wildman–Crippen LogP) is 2.31. The van der Waals surface area contributed by atoms with Crippen LogP contribution in [0.25, 0.3) is 0 Å². The number of nitrogens with zero attached hydrogens (tertiary/aromatic N) is 1. The zero-order valence-corrected chi connectivity index (χ0v) is 13.1. The second-order valence-corrected chi connectivity index (χ2v) is 7.58. The lowest BCUT2D eigenvalue weighted by Crippen LogP contribution is -2.45. The third-order valence-corrected chi connectivity index (χ3v) is 6.00. The van der Waals surface area contributed by atoms with Gasteiger partial charge in [-0.15, -0.1) is 0 Å². The van der Waals surface area contributed by atoms with E-state index >= 15 is 0 Å². The van der Waals surface area contributed by atoms with E-state index in [4.69, 9.17) is 5.73 Å². The van der Waals surface area contributed by atoms with Gasteiger partial charge in [0.25, 0.3) is 0 Å². The van der Waals surface area contributed by atoms with Crippen LogP contribution < -0.4 is 5.73 Å². The first-order valence-electron chi connectivity index (χ1n) is 7.31. The van der Waals surface area contributed by atoms with E-state index in [0.717, 1.165) is 19.3 Å². The average molecular weight is 296 g/mol. The molecule has 2 rings (SSSR count). The minimum Gasteiger partial charge on any atom is -0.327 e. The number of sulfonamides is 1. The first-order chi connectivity index (χ1) is 9.45. The van der Waals surface area contributed by atoms with E-state index in [2.05, 4.69) is 13.8 Å². The molecule has 1 fully saturated rings. The highest BCUT2D eigenvalue weighted by molar-refractivity contribution is 7.89. The minimum absolute atomic E-state index is 0.0436.